The van der Waals surface area contributed by atoms with Crippen LogP contribution in [0.25, 0.3) is 10.9 Å². The molecule has 196 valence electrons. The molecule has 5 rings (SSSR count). The maximum atomic E-state index is 13.7. The highest BCUT2D eigenvalue weighted by Gasteiger charge is 2.44. The zero-order valence-corrected chi connectivity index (χ0v) is 21.9. The molecular weight excluding hydrogens is 492 g/mol. The number of Topliss-reactive ketones (excluding diaryl/α,β-unsaturated/α-hetero) is 1. The molecule has 3 aromatic rings. The van der Waals surface area contributed by atoms with Crippen LogP contribution in [0.4, 0.5) is 0 Å². The van der Waals surface area contributed by atoms with Gasteiger partial charge in [-0.1, -0.05) is 30.3 Å². The number of amides is 2. The van der Waals surface area contributed by atoms with Gasteiger partial charge >= 0.3 is 0 Å². The second-order valence-corrected chi connectivity index (χ2v) is 10.5. The Morgan fingerprint density at radius 2 is 1.81 bits per heavy atom. The summed E-state index contributed by atoms with van der Waals surface area (Å²) in [5, 5.41) is 3.91. The summed E-state index contributed by atoms with van der Waals surface area (Å²) in [5.41, 5.74) is 6.85. The number of nitrogens with zero attached hydrogens (tertiary/aromatic N) is 1. The Morgan fingerprint density at radius 1 is 1.14 bits per heavy atom. The largest absolute Gasteiger partial charge is 0.486 e. The summed E-state index contributed by atoms with van der Waals surface area (Å²) >= 11 is 0. The number of carbonyl (C=O) groups is 3. The zero-order valence-electron chi connectivity index (χ0n) is 21.1. The van der Waals surface area contributed by atoms with Gasteiger partial charge in [-0.05, 0) is 37.6 Å². The van der Waals surface area contributed by atoms with Crippen molar-refractivity contribution in [2.24, 2.45) is 5.73 Å². The van der Waals surface area contributed by atoms with Crippen LogP contribution in [0.3, 0.4) is 0 Å². The third kappa shape index (κ3) is 5.36. The van der Waals surface area contributed by atoms with Gasteiger partial charge in [-0.2, -0.15) is 0 Å². The van der Waals surface area contributed by atoms with Crippen LogP contribution in [0.2, 0.25) is 0 Å². The highest BCUT2D eigenvalue weighted by Crippen LogP contribution is 2.39. The normalized spacial score (nSPS) is 17.5. The average molecular weight is 525 g/mol. The van der Waals surface area contributed by atoms with Gasteiger partial charge < -0.3 is 25.7 Å². The predicted molar refractivity (Wildman–Crippen MR) is 144 cm³/mol. The smallest absolute Gasteiger partial charge is 0.245 e. The highest BCUT2D eigenvalue weighted by atomic mass is 35.5. The number of hydrogen-bond donors (Lipinski definition) is 3. The van der Waals surface area contributed by atoms with Crippen LogP contribution in [-0.2, 0) is 16.0 Å². The number of rotatable bonds is 5. The van der Waals surface area contributed by atoms with E-state index in [1.54, 1.807) is 24.8 Å². The summed E-state index contributed by atoms with van der Waals surface area (Å²) in [6, 6.07) is 14.4. The van der Waals surface area contributed by atoms with E-state index < -0.39 is 17.2 Å². The van der Waals surface area contributed by atoms with Gasteiger partial charge in [0.1, 0.15) is 17.4 Å². The topological polar surface area (TPSA) is 118 Å². The van der Waals surface area contributed by atoms with Crippen LogP contribution < -0.4 is 15.8 Å². The highest BCUT2D eigenvalue weighted by molar-refractivity contribution is 6.00. The summed E-state index contributed by atoms with van der Waals surface area (Å²) in [7, 11) is 0. The Labute approximate surface area is 222 Å². The van der Waals surface area contributed by atoms with Gasteiger partial charge in [0.25, 0.3) is 0 Å². The fraction of sp³-hybridized carbons (Fsp3) is 0.393. The van der Waals surface area contributed by atoms with Crippen LogP contribution in [0.5, 0.6) is 5.75 Å². The average Bonchev–Trinajstić information content (AvgIpc) is 3.26. The van der Waals surface area contributed by atoms with Gasteiger partial charge in [-0.25, -0.2) is 0 Å². The van der Waals surface area contributed by atoms with Crippen molar-refractivity contribution in [1.29, 1.82) is 0 Å². The van der Waals surface area contributed by atoms with Gasteiger partial charge in [-0.3, -0.25) is 14.4 Å². The first kappa shape index (κ1) is 26.7. The maximum Gasteiger partial charge on any atom is 0.245 e. The molecule has 3 heterocycles. The molecule has 0 bridgehead atoms. The van der Waals surface area contributed by atoms with E-state index in [1.165, 1.54) is 0 Å². The number of para-hydroxylation sites is 2. The van der Waals surface area contributed by atoms with Crippen molar-refractivity contribution in [2.45, 2.75) is 56.7 Å². The lowest BCUT2D eigenvalue weighted by atomic mass is 9.82. The number of ether oxygens (including phenoxy) is 1. The first-order valence-electron chi connectivity index (χ1n) is 12.4. The molecule has 1 spiro atoms. The number of piperidine rings is 1. The Hall–Kier alpha value is -3.36. The fourth-order valence-corrected chi connectivity index (χ4v) is 5.14. The van der Waals surface area contributed by atoms with Crippen molar-refractivity contribution in [3.05, 3.63) is 65.9 Å². The van der Waals surface area contributed by atoms with Gasteiger partial charge in [0, 0.05) is 49.5 Å². The van der Waals surface area contributed by atoms with Crippen molar-refractivity contribution < 1.29 is 19.1 Å². The van der Waals surface area contributed by atoms with E-state index in [4.69, 9.17) is 10.5 Å². The summed E-state index contributed by atoms with van der Waals surface area (Å²) in [6.07, 6.45) is 3.64. The Morgan fingerprint density at radius 3 is 2.54 bits per heavy atom. The summed E-state index contributed by atoms with van der Waals surface area (Å²) in [4.78, 5) is 44.2. The zero-order chi connectivity index (χ0) is 25.5. The maximum absolute atomic E-state index is 13.7. The molecule has 37 heavy (non-hydrogen) atoms. The van der Waals surface area contributed by atoms with E-state index in [2.05, 4.69) is 10.3 Å². The molecule has 0 radical (unpaired) electrons. The number of nitrogens with two attached hydrogens (primary N) is 1. The molecule has 0 aliphatic carbocycles. The van der Waals surface area contributed by atoms with Crippen LogP contribution >= 0.6 is 12.4 Å². The summed E-state index contributed by atoms with van der Waals surface area (Å²) < 4.78 is 6.31. The molecule has 2 aromatic carbocycles. The number of hydrogen-bond acceptors (Lipinski definition) is 5. The molecule has 2 amide bonds. The lowest BCUT2D eigenvalue weighted by Crippen LogP contribution is -2.59. The lowest BCUT2D eigenvalue weighted by molar-refractivity contribution is -0.140. The van der Waals surface area contributed by atoms with Crippen LogP contribution in [0, 0.1) is 0 Å². The second kappa shape index (κ2) is 10.2. The molecule has 1 saturated heterocycles. The Kier molecular flexibility index (Phi) is 7.35. The monoisotopic (exact) mass is 524 g/mol. The second-order valence-electron chi connectivity index (χ2n) is 10.5. The molecule has 1 atom stereocenters. The number of halogens is 1. The third-order valence-corrected chi connectivity index (χ3v) is 7.27. The van der Waals surface area contributed by atoms with Crippen LogP contribution in [0.1, 0.15) is 49.0 Å². The van der Waals surface area contributed by atoms with Crippen molar-refractivity contribution in [1.82, 2.24) is 15.2 Å². The summed E-state index contributed by atoms with van der Waals surface area (Å²) in [5.74, 6) is 0.150. The van der Waals surface area contributed by atoms with Crippen LogP contribution in [-0.4, -0.2) is 57.8 Å². The van der Waals surface area contributed by atoms with E-state index in [0.717, 1.165) is 16.5 Å². The van der Waals surface area contributed by atoms with Gasteiger partial charge in [-0.15, -0.1) is 12.4 Å². The number of aromatic amines is 1. The molecular formula is C28H33ClN4O4. The van der Waals surface area contributed by atoms with E-state index in [0.29, 0.717) is 50.1 Å². The molecule has 2 aliphatic rings. The summed E-state index contributed by atoms with van der Waals surface area (Å²) in [6.45, 7) is 4.13. The molecule has 2 aliphatic heterocycles. The molecule has 4 N–H and O–H groups in total. The van der Waals surface area contributed by atoms with Crippen molar-refractivity contribution in [3.63, 3.8) is 0 Å². The quantitative estimate of drug-likeness (QED) is 0.473. The van der Waals surface area contributed by atoms with Gasteiger partial charge in [0.2, 0.25) is 11.8 Å². The molecule has 1 fully saturated rings. The van der Waals surface area contributed by atoms with E-state index in [1.807, 2.05) is 48.7 Å². The molecule has 9 heteroatoms. The first-order chi connectivity index (χ1) is 17.2. The van der Waals surface area contributed by atoms with E-state index >= 15 is 0 Å². The minimum absolute atomic E-state index is 0. The Bertz CT molecular complexity index is 1320. The minimum Gasteiger partial charge on any atom is -0.486 e. The number of benzene rings is 2. The van der Waals surface area contributed by atoms with Gasteiger partial charge in [0.05, 0.1) is 17.5 Å². The number of ketones is 1. The molecule has 0 saturated carbocycles. The number of fused-ring (bicyclic) bond motifs is 2. The number of aromatic nitrogens is 1. The first-order valence-corrected chi connectivity index (χ1v) is 12.4. The van der Waals surface area contributed by atoms with Crippen molar-refractivity contribution >= 4 is 40.9 Å². The standard InChI is InChI=1S/C28H32N4O4.ClH/c1-27(2,29)26(35)31-22(15-18-17-30-21-9-5-3-7-19(18)21)25(34)32-13-11-28(12-14-32)16-23(33)20-8-4-6-10-24(20)36-28;/h3-10,17,22,30H,11-16,29H2,1-2H3,(H,31,35);1H. The minimum atomic E-state index is -1.12. The SMILES string of the molecule is CC(C)(N)C(=O)NC(Cc1c[nH]c2ccccc12)C(=O)N1CCC2(CC1)CC(=O)c1ccccc1O2.Cl. The molecule has 1 unspecified atom stereocenters. The third-order valence-electron chi connectivity index (χ3n) is 7.27. The number of likely N-dealkylation sites (tertiary alicyclic amines) is 1. The number of nitrogens with one attached hydrogen (secondary N) is 2. The van der Waals surface area contributed by atoms with E-state index in [9.17, 15) is 14.4 Å². The number of carbonyl (C=O) groups excluding carboxylic acids is 3. The Balaban J connectivity index is 0.00000320. The van der Waals surface area contributed by atoms with Crippen LogP contribution in [0.15, 0.2) is 54.7 Å². The van der Waals surface area contributed by atoms with Crippen molar-refractivity contribution in [3.8, 4) is 5.75 Å². The predicted octanol–water partition coefficient (Wildman–Crippen LogP) is 3.38. The van der Waals surface area contributed by atoms with Gasteiger partial charge in [0.15, 0.2) is 5.78 Å². The fourth-order valence-electron chi connectivity index (χ4n) is 5.14. The molecule has 1 aromatic heterocycles. The molecule has 8 nitrogen and oxygen atoms in total. The lowest BCUT2D eigenvalue weighted by Gasteiger charge is -2.44. The van der Waals surface area contributed by atoms with E-state index in [-0.39, 0.29) is 30.0 Å². The van der Waals surface area contributed by atoms with Crippen molar-refractivity contribution in [2.75, 3.05) is 13.1 Å². The number of H-pyrrole nitrogens is 1.